The normalized spacial score (nSPS) is 19.5. The van der Waals surface area contributed by atoms with Gasteiger partial charge in [0.05, 0.1) is 16.8 Å². The van der Waals surface area contributed by atoms with Crippen LogP contribution in [0.25, 0.3) is 6.08 Å². The van der Waals surface area contributed by atoms with Crippen LogP contribution >= 0.6 is 11.6 Å². The van der Waals surface area contributed by atoms with E-state index < -0.39 is 11.7 Å². The fourth-order valence-electron chi connectivity index (χ4n) is 3.43. The number of rotatable bonds is 5. The Morgan fingerprint density at radius 3 is 2.87 bits per heavy atom. The quantitative estimate of drug-likeness (QED) is 0.737. The van der Waals surface area contributed by atoms with Gasteiger partial charge in [-0.1, -0.05) is 29.8 Å². The third-order valence-electron chi connectivity index (χ3n) is 4.96. The van der Waals surface area contributed by atoms with Crippen molar-refractivity contribution in [3.63, 3.8) is 0 Å². The molecule has 0 radical (unpaired) electrons. The van der Waals surface area contributed by atoms with Gasteiger partial charge in [0.1, 0.15) is 12.4 Å². The summed E-state index contributed by atoms with van der Waals surface area (Å²) in [5, 5.41) is 2.96. The van der Waals surface area contributed by atoms with Crippen molar-refractivity contribution in [2.75, 3.05) is 24.6 Å². The Balaban J connectivity index is 1.58. The highest BCUT2D eigenvalue weighted by Crippen LogP contribution is 2.36. The highest BCUT2D eigenvalue weighted by Gasteiger charge is 2.32. The molecule has 30 heavy (non-hydrogen) atoms. The van der Waals surface area contributed by atoms with Crippen molar-refractivity contribution in [3.8, 4) is 5.75 Å². The molecule has 0 spiro atoms. The summed E-state index contributed by atoms with van der Waals surface area (Å²) in [5.41, 5.74) is 0.510. The Morgan fingerprint density at radius 2 is 2.10 bits per heavy atom. The van der Waals surface area contributed by atoms with Gasteiger partial charge < -0.3 is 14.8 Å². The van der Waals surface area contributed by atoms with Crippen LogP contribution in [0.4, 0.5) is 10.1 Å². The molecule has 1 saturated heterocycles. The fourth-order valence-corrected chi connectivity index (χ4v) is 3.65. The average Bonchev–Trinajstić information content (AvgIpc) is 3.26. The first-order valence-electron chi connectivity index (χ1n) is 9.65. The number of anilines is 1. The number of carbonyl (C=O) groups is 2. The number of hydrogen-bond donors (Lipinski definition) is 1. The molecule has 2 amide bonds. The van der Waals surface area contributed by atoms with Gasteiger partial charge >= 0.3 is 0 Å². The zero-order valence-electron chi connectivity index (χ0n) is 16.1. The number of ether oxygens (including phenoxy) is 2. The second kappa shape index (κ2) is 8.85. The predicted molar refractivity (Wildman–Crippen MR) is 111 cm³/mol. The molecule has 2 aromatic carbocycles. The van der Waals surface area contributed by atoms with Crippen molar-refractivity contribution in [2.24, 2.45) is 0 Å². The maximum Gasteiger partial charge on any atom is 0.294 e. The number of fused-ring (bicyclic) bond motifs is 1. The van der Waals surface area contributed by atoms with Gasteiger partial charge in [0.2, 0.25) is 5.91 Å². The minimum atomic E-state index is -0.578. The molecule has 2 aromatic rings. The second-order valence-electron chi connectivity index (χ2n) is 7.04. The fraction of sp³-hybridized carbons (Fsp3) is 0.273. The van der Waals surface area contributed by atoms with Gasteiger partial charge in [-0.25, -0.2) is 4.39 Å². The van der Waals surface area contributed by atoms with E-state index in [1.165, 1.54) is 29.2 Å². The lowest BCUT2D eigenvalue weighted by Crippen LogP contribution is -2.45. The van der Waals surface area contributed by atoms with Gasteiger partial charge in [-0.2, -0.15) is 0 Å². The summed E-state index contributed by atoms with van der Waals surface area (Å²) in [5.74, 6) is -1.18. The van der Waals surface area contributed by atoms with Crippen LogP contribution in [0.5, 0.6) is 5.75 Å². The lowest BCUT2D eigenvalue weighted by Gasteiger charge is -2.30. The van der Waals surface area contributed by atoms with E-state index in [4.69, 9.17) is 21.1 Å². The smallest absolute Gasteiger partial charge is 0.294 e. The van der Waals surface area contributed by atoms with Gasteiger partial charge in [-0.15, -0.1) is 0 Å². The van der Waals surface area contributed by atoms with Crippen molar-refractivity contribution in [1.82, 2.24) is 5.32 Å². The van der Waals surface area contributed by atoms with Crippen molar-refractivity contribution in [2.45, 2.75) is 18.9 Å². The third-order valence-corrected chi connectivity index (χ3v) is 5.29. The van der Waals surface area contributed by atoms with Crippen LogP contribution in [-0.4, -0.2) is 37.6 Å². The molecule has 2 aliphatic heterocycles. The van der Waals surface area contributed by atoms with Crippen molar-refractivity contribution in [1.29, 1.82) is 0 Å². The van der Waals surface area contributed by atoms with Crippen LogP contribution in [-0.2, 0) is 14.3 Å². The maximum atomic E-state index is 14.2. The summed E-state index contributed by atoms with van der Waals surface area (Å²) in [7, 11) is 0. The van der Waals surface area contributed by atoms with E-state index >= 15 is 0 Å². The number of para-hydroxylation sites is 2. The summed E-state index contributed by atoms with van der Waals surface area (Å²) in [6, 6.07) is 11.1. The molecule has 0 unspecified atom stereocenters. The third kappa shape index (κ3) is 4.32. The predicted octanol–water partition coefficient (Wildman–Crippen LogP) is 3.54. The molecule has 0 aliphatic carbocycles. The van der Waals surface area contributed by atoms with Crippen LogP contribution in [0.1, 0.15) is 18.4 Å². The van der Waals surface area contributed by atoms with E-state index in [0.29, 0.717) is 24.6 Å². The van der Waals surface area contributed by atoms with E-state index in [-0.39, 0.29) is 34.9 Å². The summed E-state index contributed by atoms with van der Waals surface area (Å²) in [6.07, 6.45) is 3.13. The molecule has 6 nitrogen and oxygen atoms in total. The van der Waals surface area contributed by atoms with E-state index in [0.717, 1.165) is 12.8 Å². The first kappa shape index (κ1) is 20.4. The summed E-state index contributed by atoms with van der Waals surface area (Å²) in [4.78, 5) is 26.9. The highest BCUT2D eigenvalue weighted by molar-refractivity contribution is 6.32. The second-order valence-corrected chi connectivity index (χ2v) is 7.45. The van der Waals surface area contributed by atoms with Crippen LogP contribution < -0.4 is 15.0 Å². The van der Waals surface area contributed by atoms with Gasteiger partial charge in [-0.3, -0.25) is 14.5 Å². The summed E-state index contributed by atoms with van der Waals surface area (Å²) in [6.45, 7) is 0.892. The van der Waals surface area contributed by atoms with Crippen LogP contribution in [0.3, 0.4) is 0 Å². The molecular formula is C22H20ClFN2O4. The molecule has 156 valence electrons. The standard InChI is InChI=1S/C22H20ClFN2O4/c23-16-6-3-7-17(24)15(16)11-20-22(28)26(18-8-1-2-9-19(18)30-20)13-21(27)25-12-14-5-4-10-29-14/h1-3,6-9,11,14H,4-5,10,12-13H2,(H,25,27)/b20-11-/t14-/m1/s1. The van der Waals surface area contributed by atoms with Gasteiger partial charge in [0.25, 0.3) is 5.91 Å². The molecular weight excluding hydrogens is 411 g/mol. The Morgan fingerprint density at radius 1 is 1.27 bits per heavy atom. The number of nitrogens with one attached hydrogen (secondary N) is 1. The van der Waals surface area contributed by atoms with Gasteiger partial charge in [-0.05, 0) is 43.2 Å². The number of nitrogens with zero attached hydrogens (tertiary/aromatic N) is 1. The molecule has 2 heterocycles. The largest absolute Gasteiger partial charge is 0.449 e. The zero-order chi connectivity index (χ0) is 21.1. The number of halogens is 2. The van der Waals surface area contributed by atoms with E-state index in [1.54, 1.807) is 24.3 Å². The van der Waals surface area contributed by atoms with Crippen LogP contribution in [0, 0.1) is 5.82 Å². The molecule has 1 fully saturated rings. The van der Waals surface area contributed by atoms with E-state index in [2.05, 4.69) is 5.32 Å². The maximum absolute atomic E-state index is 14.2. The molecule has 0 saturated carbocycles. The number of benzene rings is 2. The summed E-state index contributed by atoms with van der Waals surface area (Å²) >= 11 is 6.08. The van der Waals surface area contributed by atoms with Crippen molar-refractivity contribution in [3.05, 3.63) is 64.6 Å². The minimum Gasteiger partial charge on any atom is -0.449 e. The van der Waals surface area contributed by atoms with Crippen LogP contribution in [0.2, 0.25) is 5.02 Å². The molecule has 0 bridgehead atoms. The Kier molecular flexibility index (Phi) is 6.01. The van der Waals surface area contributed by atoms with E-state index in [1.807, 2.05) is 0 Å². The van der Waals surface area contributed by atoms with Crippen molar-refractivity contribution >= 4 is 35.2 Å². The number of amides is 2. The SMILES string of the molecule is O=C(CN1C(=O)/C(=C/c2c(F)cccc2Cl)Oc2ccccc21)NC[C@H]1CCCO1. The lowest BCUT2D eigenvalue weighted by atomic mass is 10.1. The van der Waals surface area contributed by atoms with Crippen LogP contribution in [0.15, 0.2) is 48.2 Å². The summed E-state index contributed by atoms with van der Waals surface area (Å²) < 4.78 is 25.4. The van der Waals surface area contributed by atoms with Gasteiger partial charge in [0, 0.05) is 18.7 Å². The monoisotopic (exact) mass is 430 g/mol. The molecule has 4 rings (SSSR count). The van der Waals surface area contributed by atoms with Crippen molar-refractivity contribution < 1.29 is 23.5 Å². The molecule has 1 N–H and O–H groups in total. The number of hydrogen-bond acceptors (Lipinski definition) is 4. The topological polar surface area (TPSA) is 67.9 Å². The van der Waals surface area contributed by atoms with E-state index in [9.17, 15) is 14.0 Å². The Hall–Kier alpha value is -2.90. The molecule has 8 heteroatoms. The first-order valence-corrected chi connectivity index (χ1v) is 10.0. The average molecular weight is 431 g/mol. The molecule has 1 atom stereocenters. The number of carbonyl (C=O) groups excluding carboxylic acids is 2. The van der Waals surface area contributed by atoms with Gasteiger partial charge in [0.15, 0.2) is 11.5 Å². The minimum absolute atomic E-state index is 0.000261. The Bertz CT molecular complexity index is 984. The zero-order valence-corrected chi connectivity index (χ0v) is 16.8. The molecule has 2 aliphatic rings. The first-order chi connectivity index (χ1) is 14.5. The highest BCUT2D eigenvalue weighted by atomic mass is 35.5. The molecule has 0 aromatic heterocycles. The Labute approximate surface area is 178 Å². The lowest BCUT2D eigenvalue weighted by molar-refractivity contribution is -0.123.